The first-order chi connectivity index (χ1) is 10.0. The van der Waals surface area contributed by atoms with Crippen LogP contribution in [0.25, 0.3) is 0 Å². The van der Waals surface area contributed by atoms with Crippen molar-refractivity contribution in [1.82, 2.24) is 4.90 Å². The molecule has 21 heavy (non-hydrogen) atoms. The van der Waals surface area contributed by atoms with E-state index in [0.717, 1.165) is 11.5 Å². The fourth-order valence-electron chi connectivity index (χ4n) is 2.04. The Labute approximate surface area is 129 Å². The van der Waals surface area contributed by atoms with Gasteiger partial charge in [-0.2, -0.15) is 0 Å². The van der Waals surface area contributed by atoms with Crippen LogP contribution in [0.4, 0.5) is 0 Å². The second-order valence-corrected chi connectivity index (χ2v) is 5.56. The van der Waals surface area contributed by atoms with Crippen LogP contribution in [0.15, 0.2) is 40.8 Å². The average molecular weight is 310 g/mol. The van der Waals surface area contributed by atoms with Crippen molar-refractivity contribution >= 4 is 11.6 Å². The predicted octanol–water partition coefficient (Wildman–Crippen LogP) is 3.11. The van der Waals surface area contributed by atoms with Crippen LogP contribution in [0.5, 0.6) is 5.75 Å². The van der Waals surface area contributed by atoms with Crippen molar-refractivity contribution in [2.24, 2.45) is 0 Å². The molecule has 0 saturated carbocycles. The summed E-state index contributed by atoms with van der Waals surface area (Å²) in [4.78, 5) is 1.99. The SMILES string of the molecule is Cc1ccc(CN(C)CC(O)COc2ccc(Cl)cc2)o1. The lowest BCUT2D eigenvalue weighted by molar-refractivity contribution is 0.0724. The molecule has 1 aromatic carbocycles. The van der Waals surface area contributed by atoms with E-state index in [-0.39, 0.29) is 6.61 Å². The van der Waals surface area contributed by atoms with Gasteiger partial charge in [0, 0.05) is 11.6 Å². The molecule has 0 spiro atoms. The van der Waals surface area contributed by atoms with E-state index in [1.807, 2.05) is 31.0 Å². The maximum absolute atomic E-state index is 10.00. The normalized spacial score (nSPS) is 12.6. The Morgan fingerprint density at radius 1 is 1.24 bits per heavy atom. The molecule has 0 bridgehead atoms. The number of halogens is 1. The Hall–Kier alpha value is -1.49. The molecular formula is C16H20ClNO3. The van der Waals surface area contributed by atoms with Crippen LogP contribution in [-0.2, 0) is 6.54 Å². The van der Waals surface area contributed by atoms with Crippen molar-refractivity contribution in [1.29, 1.82) is 0 Å². The highest BCUT2D eigenvalue weighted by Gasteiger charge is 2.11. The number of rotatable bonds is 7. The summed E-state index contributed by atoms with van der Waals surface area (Å²) >= 11 is 5.80. The van der Waals surface area contributed by atoms with Gasteiger partial charge in [0.2, 0.25) is 0 Å². The van der Waals surface area contributed by atoms with E-state index >= 15 is 0 Å². The number of likely N-dealkylation sites (N-methyl/N-ethyl adjacent to an activating group) is 1. The molecular weight excluding hydrogens is 290 g/mol. The van der Waals surface area contributed by atoms with E-state index in [0.29, 0.717) is 23.9 Å². The Morgan fingerprint density at radius 2 is 1.95 bits per heavy atom. The van der Waals surface area contributed by atoms with Crippen molar-refractivity contribution < 1.29 is 14.3 Å². The number of benzene rings is 1. The molecule has 2 aromatic rings. The largest absolute Gasteiger partial charge is 0.491 e. The number of ether oxygens (including phenoxy) is 1. The Bertz CT molecular complexity index is 553. The van der Waals surface area contributed by atoms with Gasteiger partial charge in [0.15, 0.2) is 0 Å². The first-order valence-corrected chi connectivity index (χ1v) is 7.21. The first-order valence-electron chi connectivity index (χ1n) is 6.83. The zero-order valence-corrected chi connectivity index (χ0v) is 13.0. The number of aliphatic hydroxyl groups excluding tert-OH is 1. The fraction of sp³-hybridized carbons (Fsp3) is 0.375. The van der Waals surface area contributed by atoms with Crippen LogP contribution in [-0.4, -0.2) is 36.3 Å². The molecule has 0 radical (unpaired) electrons. The average Bonchev–Trinajstić information content (AvgIpc) is 2.83. The Morgan fingerprint density at radius 3 is 2.57 bits per heavy atom. The van der Waals surface area contributed by atoms with Crippen LogP contribution in [0.2, 0.25) is 5.02 Å². The first kappa shape index (κ1) is 15.9. The van der Waals surface area contributed by atoms with Gasteiger partial charge in [-0.3, -0.25) is 4.90 Å². The number of furan rings is 1. The zero-order valence-electron chi connectivity index (χ0n) is 12.3. The Balaban J connectivity index is 1.73. The van der Waals surface area contributed by atoms with Gasteiger partial charge < -0.3 is 14.3 Å². The minimum atomic E-state index is -0.568. The highest BCUT2D eigenvalue weighted by Crippen LogP contribution is 2.15. The van der Waals surface area contributed by atoms with Gasteiger partial charge in [-0.05, 0) is 50.4 Å². The lowest BCUT2D eigenvalue weighted by atomic mass is 10.3. The van der Waals surface area contributed by atoms with E-state index in [2.05, 4.69) is 0 Å². The minimum absolute atomic E-state index is 0.239. The number of aryl methyl sites for hydroxylation is 1. The van der Waals surface area contributed by atoms with Crippen molar-refractivity contribution in [2.75, 3.05) is 20.2 Å². The van der Waals surface area contributed by atoms with Crippen molar-refractivity contribution in [3.63, 3.8) is 0 Å². The molecule has 0 saturated heterocycles. The topological polar surface area (TPSA) is 45.8 Å². The van der Waals surface area contributed by atoms with Crippen molar-refractivity contribution in [2.45, 2.75) is 19.6 Å². The summed E-state index contributed by atoms with van der Waals surface area (Å²) in [5.41, 5.74) is 0. The molecule has 114 valence electrons. The maximum atomic E-state index is 10.00. The second-order valence-electron chi connectivity index (χ2n) is 5.13. The van der Waals surface area contributed by atoms with Crippen LogP contribution in [0, 0.1) is 6.92 Å². The smallest absolute Gasteiger partial charge is 0.119 e. The molecule has 5 heteroatoms. The third kappa shape index (κ3) is 5.42. The molecule has 1 N–H and O–H groups in total. The number of hydrogen-bond acceptors (Lipinski definition) is 4. The molecule has 1 atom stereocenters. The van der Waals surface area contributed by atoms with Crippen LogP contribution >= 0.6 is 11.6 Å². The third-order valence-corrected chi connectivity index (χ3v) is 3.25. The lowest BCUT2D eigenvalue weighted by Gasteiger charge is -2.19. The maximum Gasteiger partial charge on any atom is 0.119 e. The van der Waals surface area contributed by atoms with Crippen molar-refractivity contribution in [3.05, 3.63) is 52.9 Å². The third-order valence-electron chi connectivity index (χ3n) is 3.00. The van der Waals surface area contributed by atoms with E-state index < -0.39 is 6.10 Å². The highest BCUT2D eigenvalue weighted by atomic mass is 35.5. The standard InChI is InChI=1S/C16H20ClNO3/c1-12-3-6-16(21-12)10-18(2)9-14(19)11-20-15-7-4-13(17)5-8-15/h3-8,14,19H,9-11H2,1-2H3. The molecule has 1 aromatic heterocycles. The van der Waals surface area contributed by atoms with E-state index in [9.17, 15) is 5.11 Å². The summed E-state index contributed by atoms with van der Waals surface area (Å²) in [5.74, 6) is 2.48. The van der Waals surface area contributed by atoms with Gasteiger partial charge in [-0.15, -0.1) is 0 Å². The number of nitrogens with zero attached hydrogens (tertiary/aromatic N) is 1. The van der Waals surface area contributed by atoms with Gasteiger partial charge in [-0.25, -0.2) is 0 Å². The van der Waals surface area contributed by atoms with E-state index in [1.165, 1.54) is 0 Å². The highest BCUT2D eigenvalue weighted by molar-refractivity contribution is 6.30. The zero-order chi connectivity index (χ0) is 15.2. The molecule has 0 aliphatic carbocycles. The summed E-state index contributed by atoms with van der Waals surface area (Å²) in [5, 5.41) is 10.7. The van der Waals surface area contributed by atoms with E-state index in [4.69, 9.17) is 20.8 Å². The molecule has 1 unspecified atom stereocenters. The lowest BCUT2D eigenvalue weighted by Crippen LogP contribution is -2.32. The van der Waals surface area contributed by atoms with Crippen molar-refractivity contribution in [3.8, 4) is 5.75 Å². The molecule has 0 aliphatic rings. The molecule has 0 amide bonds. The molecule has 2 rings (SSSR count). The van der Waals surface area contributed by atoms with Crippen LogP contribution < -0.4 is 4.74 Å². The quantitative estimate of drug-likeness (QED) is 0.853. The molecule has 0 fully saturated rings. The second kappa shape index (κ2) is 7.50. The number of hydrogen-bond donors (Lipinski definition) is 1. The summed E-state index contributed by atoms with van der Waals surface area (Å²) in [7, 11) is 1.93. The Kier molecular flexibility index (Phi) is 5.67. The molecule has 1 heterocycles. The summed E-state index contributed by atoms with van der Waals surface area (Å²) in [6, 6.07) is 11.0. The predicted molar refractivity (Wildman–Crippen MR) is 82.7 cm³/mol. The monoisotopic (exact) mass is 309 g/mol. The van der Waals surface area contributed by atoms with Gasteiger partial charge in [0.25, 0.3) is 0 Å². The number of aliphatic hydroxyl groups is 1. The molecule has 4 nitrogen and oxygen atoms in total. The van der Waals surface area contributed by atoms with Gasteiger partial charge in [0.05, 0.1) is 6.54 Å². The van der Waals surface area contributed by atoms with Gasteiger partial charge >= 0.3 is 0 Å². The minimum Gasteiger partial charge on any atom is -0.491 e. The van der Waals surface area contributed by atoms with Crippen LogP contribution in [0.1, 0.15) is 11.5 Å². The van der Waals surface area contributed by atoms with Gasteiger partial charge in [-0.1, -0.05) is 11.6 Å². The summed E-state index contributed by atoms with van der Waals surface area (Å²) in [6.07, 6.45) is -0.568. The summed E-state index contributed by atoms with van der Waals surface area (Å²) in [6.45, 7) is 3.32. The summed E-state index contributed by atoms with van der Waals surface area (Å²) < 4.78 is 11.0. The van der Waals surface area contributed by atoms with Gasteiger partial charge in [0.1, 0.15) is 30.0 Å². The van der Waals surface area contributed by atoms with E-state index in [1.54, 1.807) is 24.3 Å². The molecule has 0 aliphatic heterocycles. The fourth-order valence-corrected chi connectivity index (χ4v) is 2.16. The van der Waals surface area contributed by atoms with Crippen LogP contribution in [0.3, 0.4) is 0 Å².